The van der Waals surface area contributed by atoms with Gasteiger partial charge in [0.25, 0.3) is 0 Å². The Bertz CT molecular complexity index is 1080. The lowest BCUT2D eigenvalue weighted by atomic mass is 10.1. The fourth-order valence-corrected chi connectivity index (χ4v) is 4.72. The predicted molar refractivity (Wildman–Crippen MR) is 132 cm³/mol. The van der Waals surface area contributed by atoms with Crippen molar-refractivity contribution in [2.24, 2.45) is 5.92 Å². The molecule has 3 aromatic rings. The van der Waals surface area contributed by atoms with Crippen LogP contribution in [0.5, 0.6) is 11.5 Å². The lowest BCUT2D eigenvalue weighted by Gasteiger charge is -2.25. The molecule has 2 aromatic carbocycles. The third-order valence-electron chi connectivity index (χ3n) is 6.39. The number of rotatable bonds is 10. The van der Waals surface area contributed by atoms with Gasteiger partial charge in [0.15, 0.2) is 16.7 Å². The van der Waals surface area contributed by atoms with Crippen LogP contribution < -0.4 is 9.47 Å². The summed E-state index contributed by atoms with van der Waals surface area (Å²) in [6, 6.07) is 16.7. The second-order valence-corrected chi connectivity index (χ2v) is 9.49. The van der Waals surface area contributed by atoms with Crippen molar-refractivity contribution in [3.05, 3.63) is 64.9 Å². The van der Waals surface area contributed by atoms with Gasteiger partial charge in [-0.1, -0.05) is 61.3 Å². The summed E-state index contributed by atoms with van der Waals surface area (Å²) in [5, 5.41) is 0.618. The van der Waals surface area contributed by atoms with Crippen LogP contribution in [0.25, 0.3) is 11.4 Å². The summed E-state index contributed by atoms with van der Waals surface area (Å²) < 4.78 is 13.9. The smallest absolute Gasteiger partial charge is 0.161 e. The lowest BCUT2D eigenvalue weighted by molar-refractivity contribution is 0.171. The zero-order valence-electron chi connectivity index (χ0n) is 19.3. The van der Waals surface area contributed by atoms with E-state index in [1.807, 2.05) is 12.1 Å². The minimum atomic E-state index is 0.608. The van der Waals surface area contributed by atoms with E-state index in [4.69, 9.17) is 26.1 Å². The van der Waals surface area contributed by atoms with Gasteiger partial charge in [0.1, 0.15) is 19.0 Å². The largest absolute Gasteiger partial charge is 0.486 e. The fourth-order valence-electron chi connectivity index (χ4n) is 4.48. The summed E-state index contributed by atoms with van der Waals surface area (Å²) in [6.45, 7) is 7.08. The molecule has 0 atom stereocenters. The highest BCUT2D eigenvalue weighted by molar-refractivity contribution is 6.30. The van der Waals surface area contributed by atoms with E-state index in [1.54, 1.807) is 0 Å². The van der Waals surface area contributed by atoms with Crippen molar-refractivity contribution < 1.29 is 9.47 Å². The molecule has 1 aromatic heterocycles. The Morgan fingerprint density at radius 2 is 1.82 bits per heavy atom. The molecule has 0 bridgehead atoms. The van der Waals surface area contributed by atoms with Crippen LogP contribution in [0.2, 0.25) is 5.15 Å². The van der Waals surface area contributed by atoms with Crippen LogP contribution in [0, 0.1) is 5.92 Å². The van der Waals surface area contributed by atoms with E-state index in [-0.39, 0.29) is 0 Å². The van der Waals surface area contributed by atoms with Crippen LogP contribution in [0.1, 0.15) is 43.9 Å². The van der Waals surface area contributed by atoms with E-state index >= 15 is 0 Å². The molecule has 1 fully saturated rings. The van der Waals surface area contributed by atoms with Crippen LogP contribution in [-0.2, 0) is 19.6 Å². The predicted octanol–water partition coefficient (Wildman–Crippen LogP) is 6.19. The molecule has 0 amide bonds. The van der Waals surface area contributed by atoms with Crippen LogP contribution in [0.4, 0.5) is 0 Å². The summed E-state index contributed by atoms with van der Waals surface area (Å²) in [4.78, 5) is 7.33. The zero-order valence-corrected chi connectivity index (χ0v) is 20.1. The Morgan fingerprint density at radius 1 is 1.03 bits per heavy atom. The molecule has 1 saturated carbocycles. The van der Waals surface area contributed by atoms with Crippen molar-refractivity contribution in [3.63, 3.8) is 0 Å². The SMILES string of the molecule is CCCCn1c(-c2ccccc2)nc(Cl)c1CN(Cc1ccc2c(c1)OCCO2)CC1CC1. The van der Waals surface area contributed by atoms with Gasteiger partial charge in [-0.2, -0.15) is 0 Å². The van der Waals surface area contributed by atoms with Crippen LogP contribution in [0.3, 0.4) is 0 Å². The minimum Gasteiger partial charge on any atom is -0.486 e. The molecule has 0 spiro atoms. The molecule has 33 heavy (non-hydrogen) atoms. The molecule has 1 aliphatic heterocycles. The Hall–Kier alpha value is -2.50. The van der Waals surface area contributed by atoms with Gasteiger partial charge in [0.05, 0.1) is 5.69 Å². The first kappa shape index (κ1) is 22.3. The quantitative estimate of drug-likeness (QED) is 0.358. The summed E-state index contributed by atoms with van der Waals surface area (Å²) in [7, 11) is 0. The lowest BCUT2D eigenvalue weighted by Crippen LogP contribution is -2.27. The molecular weight excluding hydrogens is 434 g/mol. The van der Waals surface area contributed by atoms with Crippen molar-refractivity contribution in [1.82, 2.24) is 14.5 Å². The number of fused-ring (bicyclic) bond motifs is 1. The third kappa shape index (κ3) is 5.36. The van der Waals surface area contributed by atoms with Crippen molar-refractivity contribution in [1.29, 1.82) is 0 Å². The van der Waals surface area contributed by atoms with Crippen molar-refractivity contribution in [2.45, 2.75) is 52.2 Å². The normalized spacial score (nSPS) is 15.2. The van der Waals surface area contributed by atoms with Gasteiger partial charge in [0, 0.05) is 31.7 Å². The molecule has 0 N–H and O–H groups in total. The summed E-state index contributed by atoms with van der Waals surface area (Å²) >= 11 is 6.78. The van der Waals surface area contributed by atoms with E-state index in [9.17, 15) is 0 Å². The highest BCUT2D eigenvalue weighted by atomic mass is 35.5. The van der Waals surface area contributed by atoms with E-state index in [2.05, 4.69) is 52.8 Å². The van der Waals surface area contributed by atoms with Crippen LogP contribution in [-0.4, -0.2) is 34.2 Å². The third-order valence-corrected chi connectivity index (χ3v) is 6.69. The number of benzene rings is 2. The number of aromatic nitrogens is 2. The van der Waals surface area contributed by atoms with Gasteiger partial charge in [-0.3, -0.25) is 4.90 Å². The van der Waals surface area contributed by atoms with Crippen LogP contribution in [0.15, 0.2) is 48.5 Å². The first-order valence-electron chi connectivity index (χ1n) is 12.1. The second-order valence-electron chi connectivity index (χ2n) is 9.14. The average molecular weight is 466 g/mol. The Balaban J connectivity index is 1.42. The van der Waals surface area contributed by atoms with Crippen molar-refractivity contribution in [3.8, 4) is 22.9 Å². The molecule has 2 aliphatic rings. The summed E-state index contributed by atoms with van der Waals surface area (Å²) in [6.07, 6.45) is 4.86. The van der Waals surface area contributed by atoms with Gasteiger partial charge in [0.2, 0.25) is 0 Å². The molecule has 6 heteroatoms. The fraction of sp³-hybridized carbons (Fsp3) is 0.444. The minimum absolute atomic E-state index is 0.608. The van der Waals surface area contributed by atoms with Crippen molar-refractivity contribution in [2.75, 3.05) is 19.8 Å². The Morgan fingerprint density at radius 3 is 2.58 bits per heavy atom. The highest BCUT2D eigenvalue weighted by Gasteiger charge is 2.27. The van der Waals surface area contributed by atoms with E-state index in [0.717, 1.165) is 73.5 Å². The van der Waals surface area contributed by atoms with E-state index < -0.39 is 0 Å². The number of imidazole rings is 1. The maximum Gasteiger partial charge on any atom is 0.161 e. The average Bonchev–Trinajstić information content (AvgIpc) is 3.61. The maximum atomic E-state index is 6.78. The van der Waals surface area contributed by atoms with Crippen molar-refractivity contribution >= 4 is 11.6 Å². The monoisotopic (exact) mass is 465 g/mol. The maximum absolute atomic E-state index is 6.78. The molecule has 0 unspecified atom stereocenters. The van der Waals surface area contributed by atoms with Crippen LogP contribution >= 0.6 is 11.6 Å². The summed E-state index contributed by atoms with van der Waals surface area (Å²) in [5.74, 6) is 3.44. The van der Waals surface area contributed by atoms with Gasteiger partial charge in [-0.15, -0.1) is 0 Å². The number of ether oxygens (including phenoxy) is 2. The Labute approximate surface area is 201 Å². The number of nitrogens with zero attached hydrogens (tertiary/aromatic N) is 3. The molecule has 5 rings (SSSR count). The molecule has 0 saturated heterocycles. The van der Waals surface area contributed by atoms with Gasteiger partial charge in [-0.05, 0) is 42.9 Å². The molecule has 5 nitrogen and oxygen atoms in total. The van der Waals surface area contributed by atoms with E-state index in [1.165, 1.54) is 18.4 Å². The number of unbranched alkanes of at least 4 members (excludes halogenated alkanes) is 1. The van der Waals surface area contributed by atoms with E-state index in [0.29, 0.717) is 18.4 Å². The molecule has 1 aliphatic carbocycles. The summed E-state index contributed by atoms with van der Waals surface area (Å²) in [5.41, 5.74) is 3.46. The number of hydrogen-bond donors (Lipinski definition) is 0. The standard InChI is InChI=1S/C27H32ClN3O2/c1-2-3-13-31-23(26(28)29-27(31)22-7-5-4-6-8-22)19-30(17-20-9-10-20)18-21-11-12-24-25(16-21)33-15-14-32-24/h4-8,11-12,16,20H,2-3,9-10,13-15,17-19H2,1H3. The molecule has 2 heterocycles. The molecular formula is C27H32ClN3O2. The molecule has 174 valence electrons. The first-order chi connectivity index (χ1) is 16.2. The first-order valence-corrected chi connectivity index (χ1v) is 12.5. The molecule has 0 radical (unpaired) electrons. The van der Waals surface area contributed by atoms with Gasteiger partial charge in [-0.25, -0.2) is 4.98 Å². The number of hydrogen-bond acceptors (Lipinski definition) is 4. The zero-order chi connectivity index (χ0) is 22.6. The Kier molecular flexibility index (Phi) is 6.88. The van der Waals surface area contributed by atoms with Gasteiger partial charge >= 0.3 is 0 Å². The van der Waals surface area contributed by atoms with Gasteiger partial charge < -0.3 is 14.0 Å². The number of halogens is 1. The topological polar surface area (TPSA) is 39.5 Å². The second kappa shape index (κ2) is 10.2. The highest BCUT2D eigenvalue weighted by Crippen LogP contribution is 2.34.